The SMILES string of the molecule is COc1ccc(N2C[C@H](C(=O)N[C@H]3CCc4cc(OC)c(OC)cc43)CC2=O)c(OC)c1. The number of amides is 2. The Bertz CT molecular complexity index is 1040. The molecule has 1 N–H and O–H groups in total. The molecule has 4 rings (SSSR count). The quantitative estimate of drug-likeness (QED) is 0.713. The second-order valence-electron chi connectivity index (χ2n) is 7.95. The van der Waals surface area contributed by atoms with Gasteiger partial charge in [0.25, 0.3) is 0 Å². The zero-order valence-electron chi connectivity index (χ0n) is 18.8. The lowest BCUT2D eigenvalue weighted by molar-refractivity contribution is -0.127. The predicted molar refractivity (Wildman–Crippen MR) is 119 cm³/mol. The molecular weight excluding hydrogens is 412 g/mol. The summed E-state index contributed by atoms with van der Waals surface area (Å²) in [6.45, 7) is 0.304. The van der Waals surface area contributed by atoms with Gasteiger partial charge in [-0.1, -0.05) is 0 Å². The van der Waals surface area contributed by atoms with E-state index in [-0.39, 0.29) is 24.3 Å². The van der Waals surface area contributed by atoms with Crippen LogP contribution in [-0.2, 0) is 16.0 Å². The molecule has 2 aromatic carbocycles. The van der Waals surface area contributed by atoms with Gasteiger partial charge in [0.1, 0.15) is 11.5 Å². The Morgan fingerprint density at radius 2 is 1.69 bits per heavy atom. The van der Waals surface area contributed by atoms with Gasteiger partial charge in [0.05, 0.1) is 46.1 Å². The van der Waals surface area contributed by atoms with Crippen molar-refractivity contribution in [3.63, 3.8) is 0 Å². The average Bonchev–Trinajstić information content (AvgIpc) is 3.40. The van der Waals surface area contributed by atoms with Gasteiger partial charge in [0.15, 0.2) is 11.5 Å². The molecule has 1 aliphatic heterocycles. The summed E-state index contributed by atoms with van der Waals surface area (Å²) in [7, 11) is 6.32. The van der Waals surface area contributed by atoms with Gasteiger partial charge in [-0.15, -0.1) is 0 Å². The Morgan fingerprint density at radius 3 is 2.38 bits per heavy atom. The summed E-state index contributed by atoms with van der Waals surface area (Å²) >= 11 is 0. The molecule has 1 heterocycles. The van der Waals surface area contributed by atoms with E-state index < -0.39 is 5.92 Å². The van der Waals surface area contributed by atoms with Gasteiger partial charge in [-0.25, -0.2) is 0 Å². The molecule has 2 aliphatic rings. The molecule has 2 amide bonds. The molecular formula is C24H28N2O6. The third kappa shape index (κ3) is 3.92. The number of methoxy groups -OCH3 is 4. The summed E-state index contributed by atoms with van der Waals surface area (Å²) in [6, 6.07) is 9.07. The summed E-state index contributed by atoms with van der Waals surface area (Å²) in [5, 5.41) is 3.14. The molecule has 170 valence electrons. The van der Waals surface area contributed by atoms with Crippen LogP contribution in [0.25, 0.3) is 0 Å². The van der Waals surface area contributed by atoms with Crippen molar-refractivity contribution >= 4 is 17.5 Å². The number of carbonyl (C=O) groups excluding carboxylic acids is 2. The maximum atomic E-state index is 13.1. The van der Waals surface area contributed by atoms with Crippen LogP contribution in [0, 0.1) is 5.92 Å². The molecule has 2 atom stereocenters. The van der Waals surface area contributed by atoms with Crippen molar-refractivity contribution in [3.8, 4) is 23.0 Å². The topological polar surface area (TPSA) is 86.3 Å². The number of fused-ring (bicyclic) bond motifs is 1. The Labute approximate surface area is 187 Å². The van der Waals surface area contributed by atoms with E-state index in [0.29, 0.717) is 35.2 Å². The molecule has 0 bridgehead atoms. The first-order valence-corrected chi connectivity index (χ1v) is 10.6. The number of anilines is 1. The summed E-state index contributed by atoms with van der Waals surface area (Å²) in [4.78, 5) is 27.4. The van der Waals surface area contributed by atoms with E-state index in [0.717, 1.165) is 24.0 Å². The molecule has 32 heavy (non-hydrogen) atoms. The average molecular weight is 440 g/mol. The normalized spacial score (nSPS) is 19.5. The molecule has 0 unspecified atom stereocenters. The van der Waals surface area contributed by atoms with E-state index in [2.05, 4.69) is 5.32 Å². The van der Waals surface area contributed by atoms with Crippen molar-refractivity contribution in [1.29, 1.82) is 0 Å². The van der Waals surface area contributed by atoms with Crippen LogP contribution in [0.3, 0.4) is 0 Å². The maximum absolute atomic E-state index is 13.1. The second kappa shape index (κ2) is 8.98. The molecule has 0 saturated carbocycles. The molecule has 1 fully saturated rings. The smallest absolute Gasteiger partial charge is 0.227 e. The van der Waals surface area contributed by atoms with E-state index >= 15 is 0 Å². The van der Waals surface area contributed by atoms with Gasteiger partial charge in [0, 0.05) is 19.0 Å². The zero-order chi connectivity index (χ0) is 22.8. The summed E-state index contributed by atoms with van der Waals surface area (Å²) in [5.41, 5.74) is 2.81. The molecule has 8 heteroatoms. The fraction of sp³-hybridized carbons (Fsp3) is 0.417. The number of carbonyl (C=O) groups is 2. The van der Waals surface area contributed by atoms with Gasteiger partial charge in [-0.3, -0.25) is 9.59 Å². The monoisotopic (exact) mass is 440 g/mol. The fourth-order valence-electron chi connectivity index (χ4n) is 4.50. The summed E-state index contributed by atoms with van der Waals surface area (Å²) in [5.74, 6) is 1.83. The highest BCUT2D eigenvalue weighted by Crippen LogP contribution is 2.40. The third-order valence-corrected chi connectivity index (χ3v) is 6.21. The van der Waals surface area contributed by atoms with Crippen molar-refractivity contribution < 1.29 is 28.5 Å². The van der Waals surface area contributed by atoms with Gasteiger partial charge in [0.2, 0.25) is 11.8 Å². The number of hydrogen-bond donors (Lipinski definition) is 1. The van der Waals surface area contributed by atoms with Crippen LogP contribution in [0.4, 0.5) is 5.69 Å². The number of rotatable bonds is 7. The van der Waals surface area contributed by atoms with Crippen molar-refractivity contribution in [2.24, 2.45) is 5.92 Å². The maximum Gasteiger partial charge on any atom is 0.227 e. The highest BCUT2D eigenvalue weighted by atomic mass is 16.5. The number of ether oxygens (including phenoxy) is 4. The van der Waals surface area contributed by atoms with Gasteiger partial charge >= 0.3 is 0 Å². The van der Waals surface area contributed by atoms with Crippen molar-refractivity contribution in [2.45, 2.75) is 25.3 Å². The Balaban J connectivity index is 1.48. The van der Waals surface area contributed by atoms with Gasteiger partial charge in [-0.05, 0) is 48.2 Å². The molecule has 1 saturated heterocycles. The fourth-order valence-corrected chi connectivity index (χ4v) is 4.50. The highest BCUT2D eigenvalue weighted by molar-refractivity contribution is 6.01. The van der Waals surface area contributed by atoms with Crippen molar-refractivity contribution in [1.82, 2.24) is 5.32 Å². The first-order valence-electron chi connectivity index (χ1n) is 10.6. The minimum atomic E-state index is -0.432. The third-order valence-electron chi connectivity index (χ3n) is 6.21. The largest absolute Gasteiger partial charge is 0.497 e. The Morgan fingerprint density at radius 1 is 0.969 bits per heavy atom. The molecule has 2 aromatic rings. The number of nitrogens with zero attached hydrogens (tertiary/aromatic N) is 1. The van der Waals surface area contributed by atoms with Crippen molar-refractivity contribution in [2.75, 3.05) is 39.9 Å². The number of nitrogens with one attached hydrogen (secondary N) is 1. The lowest BCUT2D eigenvalue weighted by atomic mass is 10.0. The van der Waals surface area contributed by atoms with Crippen LogP contribution < -0.4 is 29.2 Å². The minimum Gasteiger partial charge on any atom is -0.497 e. The number of hydrogen-bond acceptors (Lipinski definition) is 6. The lowest BCUT2D eigenvalue weighted by Crippen LogP contribution is -2.35. The van der Waals surface area contributed by atoms with E-state index in [4.69, 9.17) is 18.9 Å². The Hall–Kier alpha value is -3.42. The van der Waals surface area contributed by atoms with Crippen LogP contribution in [0.5, 0.6) is 23.0 Å². The van der Waals surface area contributed by atoms with E-state index in [9.17, 15) is 9.59 Å². The minimum absolute atomic E-state index is 0.105. The first kappa shape index (κ1) is 21.8. The summed E-state index contributed by atoms with van der Waals surface area (Å²) < 4.78 is 21.5. The molecule has 1 aliphatic carbocycles. The van der Waals surface area contributed by atoms with Crippen molar-refractivity contribution in [3.05, 3.63) is 41.5 Å². The summed E-state index contributed by atoms with van der Waals surface area (Å²) in [6.07, 6.45) is 1.81. The van der Waals surface area contributed by atoms with E-state index in [1.165, 1.54) is 0 Å². The standard InChI is InChI=1S/C24H28N2O6/c1-29-16-6-8-19(20(11-16)30-2)26-13-15(10-23(26)27)24(28)25-18-7-5-14-9-21(31-3)22(32-4)12-17(14)18/h6,8-9,11-12,15,18H,5,7,10,13H2,1-4H3,(H,25,28)/t15-,18+/m1/s1. The van der Waals surface area contributed by atoms with Crippen LogP contribution in [-0.4, -0.2) is 46.8 Å². The lowest BCUT2D eigenvalue weighted by Gasteiger charge is -2.21. The Kier molecular flexibility index (Phi) is 6.12. The van der Waals surface area contributed by atoms with Crippen LogP contribution >= 0.6 is 0 Å². The van der Waals surface area contributed by atoms with E-state index in [1.54, 1.807) is 51.5 Å². The molecule has 8 nitrogen and oxygen atoms in total. The second-order valence-corrected chi connectivity index (χ2v) is 7.95. The van der Waals surface area contributed by atoms with Crippen LogP contribution in [0.15, 0.2) is 30.3 Å². The number of aryl methyl sites for hydroxylation is 1. The van der Waals surface area contributed by atoms with Gasteiger partial charge < -0.3 is 29.2 Å². The molecule has 0 aromatic heterocycles. The zero-order valence-corrected chi connectivity index (χ0v) is 18.8. The highest BCUT2D eigenvalue weighted by Gasteiger charge is 2.38. The molecule has 0 radical (unpaired) electrons. The van der Waals surface area contributed by atoms with E-state index in [1.807, 2.05) is 12.1 Å². The van der Waals surface area contributed by atoms with Gasteiger partial charge in [-0.2, -0.15) is 0 Å². The van der Waals surface area contributed by atoms with Crippen LogP contribution in [0.2, 0.25) is 0 Å². The van der Waals surface area contributed by atoms with Crippen LogP contribution in [0.1, 0.15) is 30.0 Å². The number of benzene rings is 2. The first-order chi connectivity index (χ1) is 15.5. The predicted octanol–water partition coefficient (Wildman–Crippen LogP) is 2.88. The molecule has 0 spiro atoms.